The molecule has 0 saturated heterocycles. The average Bonchev–Trinajstić information content (AvgIpc) is 3.31. The largest absolute Gasteiger partial charge is 0.399 e. The van der Waals surface area contributed by atoms with Gasteiger partial charge in [-0.1, -0.05) is 71.0 Å². The maximum absolute atomic E-state index is 5.09. The topological polar surface area (TPSA) is 88.1 Å². The SMILES string of the molecule is CON=C(c1ccccc1)c1cccc(CNc2ccc(Cc3nn[nH]n3)cc2)c1. The van der Waals surface area contributed by atoms with Gasteiger partial charge >= 0.3 is 0 Å². The van der Waals surface area contributed by atoms with E-state index in [2.05, 4.69) is 67.5 Å². The highest BCUT2D eigenvalue weighted by molar-refractivity contribution is 6.12. The summed E-state index contributed by atoms with van der Waals surface area (Å²) >= 11 is 0. The predicted molar refractivity (Wildman–Crippen MR) is 116 cm³/mol. The van der Waals surface area contributed by atoms with Gasteiger partial charge in [0.1, 0.15) is 12.8 Å². The van der Waals surface area contributed by atoms with Crippen molar-refractivity contribution >= 4 is 11.4 Å². The van der Waals surface area contributed by atoms with Crippen LogP contribution in [0.4, 0.5) is 5.69 Å². The van der Waals surface area contributed by atoms with Gasteiger partial charge in [-0.05, 0) is 29.3 Å². The fourth-order valence-electron chi connectivity index (χ4n) is 3.17. The minimum absolute atomic E-state index is 0.653. The van der Waals surface area contributed by atoms with Crippen LogP contribution in [0, 0.1) is 0 Å². The highest BCUT2D eigenvalue weighted by Crippen LogP contribution is 2.16. The first-order valence-corrected chi connectivity index (χ1v) is 9.63. The maximum atomic E-state index is 5.09. The van der Waals surface area contributed by atoms with E-state index in [9.17, 15) is 0 Å². The Morgan fingerprint density at radius 2 is 1.73 bits per heavy atom. The Morgan fingerprint density at radius 3 is 2.47 bits per heavy atom. The zero-order valence-electron chi connectivity index (χ0n) is 16.6. The smallest absolute Gasteiger partial charge is 0.178 e. The maximum Gasteiger partial charge on any atom is 0.178 e. The quantitative estimate of drug-likeness (QED) is 0.348. The Bertz CT molecular complexity index is 1090. The molecule has 3 aromatic carbocycles. The van der Waals surface area contributed by atoms with Gasteiger partial charge in [-0.15, -0.1) is 10.2 Å². The molecule has 0 aliphatic carbocycles. The number of hydrogen-bond donors (Lipinski definition) is 2. The second-order valence-electron chi connectivity index (χ2n) is 6.74. The first kappa shape index (κ1) is 19.3. The Balaban J connectivity index is 1.43. The lowest BCUT2D eigenvalue weighted by molar-refractivity contribution is 0.214. The molecule has 30 heavy (non-hydrogen) atoms. The summed E-state index contributed by atoms with van der Waals surface area (Å²) in [6, 6.07) is 26.6. The lowest BCUT2D eigenvalue weighted by Gasteiger charge is -2.10. The van der Waals surface area contributed by atoms with Gasteiger partial charge in [-0.2, -0.15) is 5.21 Å². The first-order valence-electron chi connectivity index (χ1n) is 9.63. The number of aromatic amines is 1. The summed E-state index contributed by atoms with van der Waals surface area (Å²) in [4.78, 5) is 5.09. The Morgan fingerprint density at radius 1 is 0.933 bits per heavy atom. The summed E-state index contributed by atoms with van der Waals surface area (Å²) in [5.74, 6) is 0.680. The first-order chi connectivity index (χ1) is 14.8. The molecule has 0 aliphatic heterocycles. The van der Waals surface area contributed by atoms with Crippen LogP contribution in [0.15, 0.2) is 84.0 Å². The molecule has 1 aromatic heterocycles. The van der Waals surface area contributed by atoms with Crippen molar-refractivity contribution in [1.29, 1.82) is 0 Å². The van der Waals surface area contributed by atoms with Crippen LogP contribution in [-0.2, 0) is 17.8 Å². The summed E-state index contributed by atoms with van der Waals surface area (Å²) in [7, 11) is 1.57. The van der Waals surface area contributed by atoms with Gasteiger partial charge in [0.2, 0.25) is 0 Å². The van der Waals surface area contributed by atoms with Crippen molar-refractivity contribution in [3.63, 3.8) is 0 Å². The third kappa shape index (κ3) is 4.88. The normalized spacial score (nSPS) is 11.3. The van der Waals surface area contributed by atoms with Crippen molar-refractivity contribution in [2.75, 3.05) is 12.4 Å². The second kappa shape index (κ2) is 9.47. The van der Waals surface area contributed by atoms with E-state index in [1.54, 1.807) is 7.11 Å². The minimum atomic E-state index is 0.653. The molecule has 0 unspecified atom stereocenters. The van der Waals surface area contributed by atoms with Crippen molar-refractivity contribution in [3.05, 3.63) is 107 Å². The number of nitrogens with one attached hydrogen (secondary N) is 2. The van der Waals surface area contributed by atoms with Crippen molar-refractivity contribution in [3.8, 4) is 0 Å². The van der Waals surface area contributed by atoms with Crippen LogP contribution in [0.2, 0.25) is 0 Å². The van der Waals surface area contributed by atoms with Crippen molar-refractivity contribution in [2.24, 2.45) is 5.16 Å². The Hall–Kier alpha value is -4.00. The van der Waals surface area contributed by atoms with Gasteiger partial charge < -0.3 is 10.2 Å². The molecular formula is C23H22N6O. The van der Waals surface area contributed by atoms with E-state index in [4.69, 9.17) is 4.84 Å². The highest BCUT2D eigenvalue weighted by atomic mass is 16.6. The van der Waals surface area contributed by atoms with Crippen LogP contribution < -0.4 is 5.32 Å². The standard InChI is InChI=1S/C23H22N6O/c1-30-27-23(19-7-3-2-4-8-19)20-9-5-6-18(14-20)16-24-21-12-10-17(11-13-21)15-22-25-28-29-26-22/h2-14,24H,15-16H2,1H3,(H,25,26,28,29). The molecule has 4 aromatic rings. The number of benzene rings is 3. The van der Waals surface area contributed by atoms with Gasteiger partial charge in [-0.25, -0.2) is 0 Å². The van der Waals surface area contributed by atoms with Crippen LogP contribution in [0.1, 0.15) is 28.1 Å². The van der Waals surface area contributed by atoms with E-state index < -0.39 is 0 Å². The molecule has 0 spiro atoms. The van der Waals surface area contributed by atoms with Gasteiger partial charge in [0.25, 0.3) is 0 Å². The fraction of sp³-hybridized carbons (Fsp3) is 0.130. The molecule has 0 saturated carbocycles. The lowest BCUT2D eigenvalue weighted by atomic mass is 10.0. The van der Waals surface area contributed by atoms with Gasteiger partial charge in [0, 0.05) is 29.8 Å². The number of anilines is 1. The third-order valence-electron chi connectivity index (χ3n) is 4.63. The number of aromatic nitrogens is 4. The molecule has 7 nitrogen and oxygen atoms in total. The molecule has 1 heterocycles. The zero-order chi connectivity index (χ0) is 20.6. The van der Waals surface area contributed by atoms with E-state index in [1.165, 1.54) is 0 Å². The molecule has 0 fully saturated rings. The second-order valence-corrected chi connectivity index (χ2v) is 6.74. The van der Waals surface area contributed by atoms with Crippen LogP contribution in [0.5, 0.6) is 0 Å². The van der Waals surface area contributed by atoms with E-state index >= 15 is 0 Å². The van der Waals surface area contributed by atoms with Gasteiger partial charge in [0.05, 0.1) is 0 Å². The number of hydrogen-bond acceptors (Lipinski definition) is 6. The zero-order valence-corrected chi connectivity index (χ0v) is 16.6. The monoisotopic (exact) mass is 398 g/mol. The summed E-state index contributed by atoms with van der Waals surface area (Å²) in [5.41, 5.74) is 6.17. The molecule has 150 valence electrons. The summed E-state index contributed by atoms with van der Waals surface area (Å²) < 4.78 is 0. The van der Waals surface area contributed by atoms with Crippen LogP contribution in [-0.4, -0.2) is 33.4 Å². The van der Waals surface area contributed by atoms with E-state index in [0.29, 0.717) is 18.8 Å². The van der Waals surface area contributed by atoms with E-state index in [1.807, 2.05) is 42.5 Å². The fourth-order valence-corrected chi connectivity index (χ4v) is 3.17. The van der Waals surface area contributed by atoms with Crippen molar-refractivity contribution in [2.45, 2.75) is 13.0 Å². The Kier molecular flexibility index (Phi) is 6.10. The molecule has 0 aliphatic rings. The molecule has 2 N–H and O–H groups in total. The third-order valence-corrected chi connectivity index (χ3v) is 4.63. The average molecular weight is 398 g/mol. The van der Waals surface area contributed by atoms with E-state index in [-0.39, 0.29) is 0 Å². The molecular weight excluding hydrogens is 376 g/mol. The molecule has 0 bridgehead atoms. The molecule has 0 radical (unpaired) electrons. The van der Waals surface area contributed by atoms with Crippen LogP contribution in [0.3, 0.4) is 0 Å². The molecule has 7 heteroatoms. The summed E-state index contributed by atoms with van der Waals surface area (Å²) in [5, 5.41) is 21.7. The summed E-state index contributed by atoms with van der Waals surface area (Å²) in [6.45, 7) is 0.701. The van der Waals surface area contributed by atoms with Gasteiger partial charge in [-0.3, -0.25) is 0 Å². The molecule has 4 rings (SSSR count). The Labute approximate surface area is 174 Å². The van der Waals surface area contributed by atoms with Gasteiger partial charge in [0.15, 0.2) is 5.82 Å². The highest BCUT2D eigenvalue weighted by Gasteiger charge is 2.08. The summed E-state index contributed by atoms with van der Waals surface area (Å²) in [6.07, 6.45) is 0.653. The number of nitrogens with zero attached hydrogens (tertiary/aromatic N) is 4. The number of H-pyrrole nitrogens is 1. The van der Waals surface area contributed by atoms with Crippen molar-refractivity contribution < 1.29 is 4.84 Å². The number of rotatable bonds is 8. The number of oxime groups is 1. The minimum Gasteiger partial charge on any atom is -0.399 e. The number of tetrazole rings is 1. The van der Waals surface area contributed by atoms with Crippen molar-refractivity contribution in [1.82, 2.24) is 20.6 Å². The van der Waals surface area contributed by atoms with E-state index in [0.717, 1.165) is 33.7 Å². The molecule has 0 amide bonds. The lowest BCUT2D eigenvalue weighted by Crippen LogP contribution is -2.06. The molecule has 0 atom stereocenters. The van der Waals surface area contributed by atoms with Crippen LogP contribution >= 0.6 is 0 Å². The van der Waals surface area contributed by atoms with Crippen LogP contribution in [0.25, 0.3) is 0 Å². The predicted octanol–water partition coefficient (Wildman–Crippen LogP) is 3.80.